The molecule has 0 rings (SSSR count). The summed E-state index contributed by atoms with van der Waals surface area (Å²) in [6.07, 6.45) is 17.2. The third kappa shape index (κ3) is 18.2. The molecule has 0 fully saturated rings. The van der Waals surface area contributed by atoms with Gasteiger partial charge in [-0.25, -0.2) is 0 Å². The molecule has 10 heteroatoms. The van der Waals surface area contributed by atoms with Gasteiger partial charge in [-0.15, -0.1) is 0 Å². The number of hydrogen-bond acceptors (Lipinski definition) is 6. The van der Waals surface area contributed by atoms with E-state index in [0.717, 1.165) is 51.4 Å². The van der Waals surface area contributed by atoms with E-state index < -0.39 is 32.7 Å². The Labute approximate surface area is 264 Å². The zero-order valence-corrected chi connectivity index (χ0v) is 28.3. The molecule has 0 aromatic heterocycles. The Balaban J connectivity index is -0.00000544. The van der Waals surface area contributed by atoms with Crippen molar-refractivity contribution in [3.63, 3.8) is 0 Å². The van der Waals surface area contributed by atoms with E-state index in [-0.39, 0.29) is 72.0 Å². The molecular weight excluding hydrogens is 502 g/mol. The van der Waals surface area contributed by atoms with Crippen molar-refractivity contribution in [1.29, 1.82) is 0 Å². The van der Waals surface area contributed by atoms with Crippen LogP contribution < -0.4 is 69.3 Å². The molecule has 0 saturated carbocycles. The van der Waals surface area contributed by atoms with Crippen LogP contribution in [-0.2, 0) is 19.7 Å². The average Bonchev–Trinajstić information content (AvgIpc) is 2.75. The second-order valence-electron chi connectivity index (χ2n) is 9.81. The monoisotopic (exact) mass is 550 g/mol. The summed E-state index contributed by atoms with van der Waals surface area (Å²) in [6, 6.07) is 0. The van der Waals surface area contributed by atoms with Crippen LogP contribution in [0.3, 0.4) is 0 Å². The van der Waals surface area contributed by atoms with Crippen LogP contribution in [0.15, 0.2) is 0 Å². The molecule has 0 radical (unpaired) electrons. The molecule has 0 aromatic carbocycles. The van der Waals surface area contributed by atoms with Gasteiger partial charge in [-0.05, 0) is 12.8 Å². The van der Waals surface area contributed by atoms with E-state index in [9.17, 15) is 32.8 Å². The van der Waals surface area contributed by atoms with E-state index in [2.05, 4.69) is 13.8 Å². The fraction of sp³-hybridized carbons (Fsp3) is 0.923. The summed E-state index contributed by atoms with van der Waals surface area (Å²) in [5, 5.41) is 21.3. The van der Waals surface area contributed by atoms with E-state index >= 15 is 0 Å². The Morgan fingerprint density at radius 1 is 0.639 bits per heavy atom. The van der Waals surface area contributed by atoms with Crippen molar-refractivity contribution in [2.24, 2.45) is 5.41 Å². The minimum absolute atomic E-state index is 0. The molecule has 36 heavy (non-hydrogen) atoms. The number of hydrogen-bond donors (Lipinski definition) is 1. The van der Waals surface area contributed by atoms with Crippen LogP contribution in [0.1, 0.15) is 142 Å². The van der Waals surface area contributed by atoms with Crippen molar-refractivity contribution in [2.75, 3.05) is 0 Å². The van der Waals surface area contributed by atoms with Gasteiger partial charge >= 0.3 is 59.1 Å². The van der Waals surface area contributed by atoms with Gasteiger partial charge in [0, 0.05) is 11.4 Å². The standard InChI is InChI=1S/C26H50O7S.2Na/c1-3-5-7-9-11-13-15-17-19-21-26(25(29)30,23(24(27)28)34(31,32)33)22-20-18-16-14-12-10-8-6-4-2;;/h23H,3-22H2,1-2H3,(H,27,28)(H,29,30)(H,31,32,33);;/q;2*+1/p-2. The molecule has 0 saturated heterocycles. The van der Waals surface area contributed by atoms with Gasteiger partial charge in [0.05, 0.1) is 5.97 Å². The SMILES string of the molecule is CCCCCCCCCCCC(CCCCCCCCCCC)(C(=O)[O-])C(C(=O)[O-])S(=O)(=O)O.[Na+].[Na+]. The van der Waals surface area contributed by atoms with Crippen LogP contribution >= 0.6 is 0 Å². The van der Waals surface area contributed by atoms with E-state index in [1.165, 1.54) is 38.5 Å². The predicted octanol–water partition coefficient (Wildman–Crippen LogP) is -1.42. The number of carboxylic acid groups (broad SMARTS) is 2. The van der Waals surface area contributed by atoms with Crippen molar-refractivity contribution in [3.8, 4) is 0 Å². The van der Waals surface area contributed by atoms with Gasteiger partial charge < -0.3 is 19.8 Å². The number of rotatable bonds is 24. The van der Waals surface area contributed by atoms with Gasteiger partial charge in [0.25, 0.3) is 10.1 Å². The molecule has 0 aliphatic rings. The van der Waals surface area contributed by atoms with Crippen LogP contribution in [0.25, 0.3) is 0 Å². The Kier molecular flexibility index (Phi) is 28.5. The van der Waals surface area contributed by atoms with Gasteiger partial charge in [-0.3, -0.25) is 4.55 Å². The molecule has 0 spiro atoms. The smallest absolute Gasteiger partial charge is 0.549 e. The van der Waals surface area contributed by atoms with Crippen molar-refractivity contribution < 1.29 is 91.9 Å². The molecule has 202 valence electrons. The fourth-order valence-corrected chi connectivity index (χ4v) is 5.98. The summed E-state index contributed by atoms with van der Waals surface area (Å²) in [5.74, 6) is -3.82. The molecule has 0 aromatic rings. The number of unbranched alkanes of at least 4 members (excludes halogenated alkanes) is 16. The fourth-order valence-electron chi connectivity index (χ4n) is 4.83. The average molecular weight is 551 g/mol. The Bertz CT molecular complexity index is 635. The summed E-state index contributed by atoms with van der Waals surface area (Å²) in [7, 11) is -5.17. The van der Waals surface area contributed by atoms with Crippen molar-refractivity contribution in [3.05, 3.63) is 0 Å². The Morgan fingerprint density at radius 2 is 0.917 bits per heavy atom. The first kappa shape index (κ1) is 41.3. The molecular formula is C26H48Na2O7S. The minimum Gasteiger partial charge on any atom is -0.549 e. The third-order valence-electron chi connectivity index (χ3n) is 6.87. The first-order chi connectivity index (χ1) is 16.1. The van der Waals surface area contributed by atoms with Crippen LogP contribution in [0.4, 0.5) is 0 Å². The molecule has 1 N–H and O–H groups in total. The Hall–Kier alpha value is 0.850. The summed E-state index contributed by atoms with van der Waals surface area (Å²) >= 11 is 0. The van der Waals surface area contributed by atoms with Crippen molar-refractivity contribution in [1.82, 2.24) is 0 Å². The van der Waals surface area contributed by atoms with Crippen molar-refractivity contribution in [2.45, 2.75) is 148 Å². The number of carbonyl (C=O) groups excluding carboxylic acids is 2. The summed E-state index contributed by atoms with van der Waals surface area (Å²) in [5.41, 5.74) is -2.19. The first-order valence-electron chi connectivity index (χ1n) is 13.5. The normalized spacial score (nSPS) is 12.4. The zero-order valence-electron chi connectivity index (χ0n) is 23.5. The van der Waals surface area contributed by atoms with E-state index in [0.29, 0.717) is 25.7 Å². The number of aliphatic carboxylic acids is 2. The first-order valence-corrected chi connectivity index (χ1v) is 15.0. The van der Waals surface area contributed by atoms with Gasteiger partial charge in [-0.1, -0.05) is 129 Å². The zero-order chi connectivity index (χ0) is 25.9. The quantitative estimate of drug-likeness (QED) is 0.0885. The predicted molar refractivity (Wildman–Crippen MR) is 131 cm³/mol. The number of carboxylic acids is 2. The van der Waals surface area contributed by atoms with Crippen LogP contribution in [0.2, 0.25) is 0 Å². The maximum Gasteiger partial charge on any atom is 1.00 e. The topological polar surface area (TPSA) is 135 Å². The maximum atomic E-state index is 12.2. The van der Waals surface area contributed by atoms with E-state index in [4.69, 9.17) is 0 Å². The molecule has 0 aliphatic heterocycles. The van der Waals surface area contributed by atoms with Gasteiger partial charge in [0.15, 0.2) is 0 Å². The van der Waals surface area contributed by atoms with Gasteiger partial charge in [0.1, 0.15) is 5.25 Å². The van der Waals surface area contributed by atoms with Crippen molar-refractivity contribution >= 4 is 22.1 Å². The van der Waals surface area contributed by atoms with Crippen LogP contribution in [-0.4, -0.2) is 30.2 Å². The van der Waals surface area contributed by atoms with Gasteiger partial charge in [-0.2, -0.15) is 8.42 Å². The van der Waals surface area contributed by atoms with E-state index in [1.807, 2.05) is 0 Å². The second kappa shape index (κ2) is 24.9. The molecule has 7 nitrogen and oxygen atoms in total. The molecule has 0 bridgehead atoms. The van der Waals surface area contributed by atoms with Crippen LogP contribution in [0, 0.1) is 5.41 Å². The molecule has 0 aliphatic carbocycles. The molecule has 0 amide bonds. The minimum atomic E-state index is -5.17. The number of carbonyl (C=O) groups is 2. The summed E-state index contributed by atoms with van der Waals surface area (Å²) in [6.45, 7) is 4.31. The Morgan fingerprint density at radius 3 is 1.14 bits per heavy atom. The third-order valence-corrected chi connectivity index (χ3v) is 8.11. The van der Waals surface area contributed by atoms with Crippen LogP contribution in [0.5, 0.6) is 0 Å². The molecule has 0 heterocycles. The maximum absolute atomic E-state index is 12.2. The largest absolute Gasteiger partial charge is 1.00 e. The summed E-state index contributed by atoms with van der Waals surface area (Å²) < 4.78 is 33.4. The van der Waals surface area contributed by atoms with Gasteiger partial charge in [0.2, 0.25) is 0 Å². The summed E-state index contributed by atoms with van der Waals surface area (Å²) in [4.78, 5) is 23.8. The second-order valence-corrected chi connectivity index (χ2v) is 11.3. The van der Waals surface area contributed by atoms with E-state index in [1.54, 1.807) is 0 Å². The molecule has 1 unspecified atom stereocenters. The molecule has 1 atom stereocenters.